The molecule has 0 unspecified atom stereocenters. The van der Waals surface area contributed by atoms with E-state index in [1.807, 2.05) is 47.4 Å². The van der Waals surface area contributed by atoms with Crippen LogP contribution >= 0.6 is 12.6 Å². The zero-order chi connectivity index (χ0) is 24.1. The van der Waals surface area contributed by atoms with Crippen LogP contribution in [0.5, 0.6) is 0 Å². The molecular formula is C26H31N3O3S2. The molecule has 4 rings (SSSR count). The van der Waals surface area contributed by atoms with E-state index in [0.29, 0.717) is 48.8 Å². The number of thiol groups is 1. The maximum atomic E-state index is 13.5. The van der Waals surface area contributed by atoms with E-state index >= 15 is 0 Å². The van der Waals surface area contributed by atoms with E-state index in [9.17, 15) is 13.2 Å². The molecule has 0 bridgehead atoms. The number of sulfone groups is 1. The second-order valence-electron chi connectivity index (χ2n) is 8.79. The fourth-order valence-electron chi connectivity index (χ4n) is 4.57. The van der Waals surface area contributed by atoms with Gasteiger partial charge in [0.05, 0.1) is 10.6 Å². The minimum absolute atomic E-state index is 0.0184. The van der Waals surface area contributed by atoms with E-state index in [2.05, 4.69) is 17.5 Å². The number of hydrogen-bond donors (Lipinski definition) is 2. The highest BCUT2D eigenvalue weighted by Crippen LogP contribution is 2.23. The molecule has 2 N–H and O–H groups in total. The first-order valence-corrected chi connectivity index (χ1v) is 13.8. The molecule has 1 aliphatic rings. The normalized spacial score (nSPS) is 18.2. The highest BCUT2D eigenvalue weighted by molar-refractivity contribution is 7.91. The van der Waals surface area contributed by atoms with Crippen LogP contribution in [0.15, 0.2) is 77.7 Å². The SMILES string of the molecule is N[C@@H](CS)CN1CCN(C(=O)c2cccc3ccccc23)C[C@@H]1CCS(=O)(=O)c1ccccc1. The Kier molecular flexibility index (Phi) is 7.93. The number of carbonyl (C=O) groups excluding carboxylic acids is 1. The van der Waals surface area contributed by atoms with E-state index in [-0.39, 0.29) is 23.7 Å². The van der Waals surface area contributed by atoms with Crippen LogP contribution in [0, 0.1) is 0 Å². The molecule has 0 saturated carbocycles. The quantitative estimate of drug-likeness (QED) is 0.468. The van der Waals surface area contributed by atoms with Crippen molar-refractivity contribution in [2.24, 2.45) is 5.73 Å². The summed E-state index contributed by atoms with van der Waals surface area (Å²) in [6, 6.07) is 21.9. The van der Waals surface area contributed by atoms with Crippen LogP contribution < -0.4 is 5.73 Å². The molecule has 0 spiro atoms. The van der Waals surface area contributed by atoms with Crippen molar-refractivity contribution in [2.45, 2.75) is 23.4 Å². The molecule has 34 heavy (non-hydrogen) atoms. The van der Waals surface area contributed by atoms with E-state index in [1.54, 1.807) is 30.3 Å². The van der Waals surface area contributed by atoms with Crippen molar-refractivity contribution in [1.82, 2.24) is 9.80 Å². The number of nitrogens with zero attached hydrogens (tertiary/aromatic N) is 2. The van der Waals surface area contributed by atoms with Crippen LogP contribution in [0.3, 0.4) is 0 Å². The topological polar surface area (TPSA) is 83.7 Å². The molecule has 0 aliphatic carbocycles. The number of nitrogens with two attached hydrogens (primary N) is 1. The van der Waals surface area contributed by atoms with Gasteiger partial charge in [0.2, 0.25) is 0 Å². The maximum absolute atomic E-state index is 13.5. The maximum Gasteiger partial charge on any atom is 0.254 e. The van der Waals surface area contributed by atoms with Gasteiger partial charge < -0.3 is 10.6 Å². The molecular weight excluding hydrogens is 466 g/mol. The molecule has 6 nitrogen and oxygen atoms in total. The standard InChI is InChI=1S/C26H31N3O3S2/c27-21(19-33)17-28-14-15-29(26(30)25-12-6-8-20-7-4-5-11-24(20)25)18-22(28)13-16-34(31,32)23-9-2-1-3-10-23/h1-12,21-22,33H,13-19,27H2/t21-,22+/m1/s1. The summed E-state index contributed by atoms with van der Waals surface area (Å²) >= 11 is 4.31. The van der Waals surface area contributed by atoms with Crippen molar-refractivity contribution in [3.05, 3.63) is 78.4 Å². The smallest absolute Gasteiger partial charge is 0.254 e. The molecule has 1 saturated heterocycles. The Morgan fingerprint density at radius 2 is 1.71 bits per heavy atom. The highest BCUT2D eigenvalue weighted by atomic mass is 32.2. The van der Waals surface area contributed by atoms with Gasteiger partial charge in [0, 0.05) is 49.6 Å². The lowest BCUT2D eigenvalue weighted by molar-refractivity contribution is 0.0467. The first kappa shape index (κ1) is 24.7. The Bertz CT molecular complexity index is 1230. The molecule has 0 radical (unpaired) electrons. The Morgan fingerprint density at radius 1 is 1.00 bits per heavy atom. The second-order valence-corrected chi connectivity index (χ2v) is 11.3. The average molecular weight is 498 g/mol. The number of benzene rings is 3. The molecule has 2 atom stereocenters. The monoisotopic (exact) mass is 497 g/mol. The Labute approximate surface area is 207 Å². The predicted molar refractivity (Wildman–Crippen MR) is 140 cm³/mol. The largest absolute Gasteiger partial charge is 0.336 e. The van der Waals surface area contributed by atoms with Crippen molar-refractivity contribution in [3.8, 4) is 0 Å². The van der Waals surface area contributed by atoms with Gasteiger partial charge in [-0.1, -0.05) is 54.6 Å². The van der Waals surface area contributed by atoms with Gasteiger partial charge in [0.1, 0.15) is 0 Å². The Morgan fingerprint density at radius 3 is 2.47 bits per heavy atom. The number of carbonyl (C=O) groups is 1. The van der Waals surface area contributed by atoms with Gasteiger partial charge in [-0.15, -0.1) is 0 Å². The molecule has 8 heteroatoms. The molecule has 1 aliphatic heterocycles. The summed E-state index contributed by atoms with van der Waals surface area (Å²) < 4.78 is 25.8. The van der Waals surface area contributed by atoms with Gasteiger partial charge in [-0.25, -0.2) is 8.42 Å². The van der Waals surface area contributed by atoms with E-state index in [1.165, 1.54) is 0 Å². The van der Waals surface area contributed by atoms with Gasteiger partial charge in [-0.2, -0.15) is 12.6 Å². The number of rotatable bonds is 8. The van der Waals surface area contributed by atoms with E-state index in [0.717, 1.165) is 10.8 Å². The lowest BCUT2D eigenvalue weighted by Crippen LogP contribution is -2.57. The summed E-state index contributed by atoms with van der Waals surface area (Å²) in [7, 11) is -3.41. The van der Waals surface area contributed by atoms with Crippen molar-refractivity contribution < 1.29 is 13.2 Å². The van der Waals surface area contributed by atoms with Crippen molar-refractivity contribution in [1.29, 1.82) is 0 Å². The number of hydrogen-bond acceptors (Lipinski definition) is 6. The van der Waals surface area contributed by atoms with Gasteiger partial charge in [-0.05, 0) is 35.4 Å². The number of piperazine rings is 1. The fraction of sp³-hybridized carbons (Fsp3) is 0.346. The molecule has 0 aromatic heterocycles. The van der Waals surface area contributed by atoms with Gasteiger partial charge in [0.15, 0.2) is 9.84 Å². The summed E-state index contributed by atoms with van der Waals surface area (Å²) in [6.07, 6.45) is 0.426. The lowest BCUT2D eigenvalue weighted by atomic mass is 10.0. The number of fused-ring (bicyclic) bond motifs is 1. The third kappa shape index (κ3) is 5.63. The molecule has 1 amide bonds. The van der Waals surface area contributed by atoms with Crippen molar-refractivity contribution in [2.75, 3.05) is 37.7 Å². The molecule has 1 fully saturated rings. The zero-order valence-electron chi connectivity index (χ0n) is 19.1. The van der Waals surface area contributed by atoms with Gasteiger partial charge in [0.25, 0.3) is 5.91 Å². The van der Waals surface area contributed by atoms with Gasteiger partial charge in [-0.3, -0.25) is 9.69 Å². The fourth-order valence-corrected chi connectivity index (χ4v) is 6.07. The highest BCUT2D eigenvalue weighted by Gasteiger charge is 2.32. The molecule has 180 valence electrons. The summed E-state index contributed by atoms with van der Waals surface area (Å²) in [5.74, 6) is 0.542. The summed E-state index contributed by atoms with van der Waals surface area (Å²) in [6.45, 7) is 2.30. The summed E-state index contributed by atoms with van der Waals surface area (Å²) in [4.78, 5) is 17.9. The first-order valence-electron chi connectivity index (χ1n) is 11.5. The Hall–Kier alpha value is -2.39. The van der Waals surface area contributed by atoms with E-state index in [4.69, 9.17) is 5.73 Å². The first-order chi connectivity index (χ1) is 16.4. The molecule has 3 aromatic rings. The van der Waals surface area contributed by atoms with Crippen LogP contribution in [-0.4, -0.2) is 73.9 Å². The van der Waals surface area contributed by atoms with Crippen molar-refractivity contribution >= 4 is 39.1 Å². The third-order valence-corrected chi connectivity index (χ3v) is 8.67. The zero-order valence-corrected chi connectivity index (χ0v) is 20.8. The number of amides is 1. The van der Waals surface area contributed by atoms with Crippen LogP contribution in [0.4, 0.5) is 0 Å². The summed E-state index contributed by atoms with van der Waals surface area (Å²) in [5, 5.41) is 1.95. The van der Waals surface area contributed by atoms with Gasteiger partial charge >= 0.3 is 0 Å². The molecule has 3 aromatic carbocycles. The third-order valence-electron chi connectivity index (χ3n) is 6.44. The minimum atomic E-state index is -3.41. The average Bonchev–Trinajstić information content (AvgIpc) is 2.87. The van der Waals surface area contributed by atoms with E-state index < -0.39 is 9.84 Å². The van der Waals surface area contributed by atoms with Crippen molar-refractivity contribution in [3.63, 3.8) is 0 Å². The summed E-state index contributed by atoms with van der Waals surface area (Å²) in [5.41, 5.74) is 6.85. The van der Waals surface area contributed by atoms with Crippen LogP contribution in [0.1, 0.15) is 16.8 Å². The Balaban J connectivity index is 1.53. The van der Waals surface area contributed by atoms with Crippen LogP contribution in [0.25, 0.3) is 10.8 Å². The lowest BCUT2D eigenvalue weighted by Gasteiger charge is -2.42. The minimum Gasteiger partial charge on any atom is -0.336 e. The second kappa shape index (κ2) is 10.9. The molecule has 1 heterocycles. The predicted octanol–water partition coefficient (Wildman–Crippen LogP) is 3.09. The van der Waals surface area contributed by atoms with Crippen LogP contribution in [0.2, 0.25) is 0 Å². The van der Waals surface area contributed by atoms with Crippen LogP contribution in [-0.2, 0) is 9.84 Å².